The molecule has 1 fully saturated rings. The molecule has 0 aromatic carbocycles. The van der Waals surface area contributed by atoms with Crippen LogP contribution in [0.1, 0.15) is 74.7 Å². The van der Waals surface area contributed by atoms with Crippen molar-refractivity contribution in [2.24, 2.45) is 29.6 Å². The fourth-order valence-corrected chi connectivity index (χ4v) is 4.53. The molecule has 0 aliphatic carbocycles. The standard InChI is InChI=1S/C23H40O5/c1-9-11-13(3)12-14(4)20(25)17(7)23(27)18(8)21(26)16(6)22(28-23)15(5)19(24)10-2/h11,14-18,21-22,26-27H,9-10,12H2,1-8H3/b13-11+/t14-,15+,16-,17-,18+,21+,22+,23-/m1/s1. The first-order valence-corrected chi connectivity index (χ1v) is 10.7. The molecule has 1 aliphatic heterocycles. The van der Waals surface area contributed by atoms with E-state index in [1.54, 1.807) is 27.7 Å². The number of ketones is 2. The van der Waals surface area contributed by atoms with E-state index in [1.165, 1.54) is 0 Å². The van der Waals surface area contributed by atoms with Crippen molar-refractivity contribution in [2.75, 3.05) is 0 Å². The van der Waals surface area contributed by atoms with Gasteiger partial charge in [-0.2, -0.15) is 0 Å². The van der Waals surface area contributed by atoms with E-state index in [1.807, 2.05) is 20.8 Å². The second kappa shape index (κ2) is 10.1. The SMILES string of the molecule is CC/C=C(\C)C[C@@H](C)C(=O)[C@@H](C)[C@@]1(O)O[C@@H]([C@@H](C)C(=O)CC)[C@H](C)[C@H](O)[C@@H]1C. The molecule has 8 atom stereocenters. The number of aliphatic hydroxyl groups is 2. The summed E-state index contributed by atoms with van der Waals surface area (Å²) in [6, 6.07) is 0. The molecule has 1 rings (SSSR count). The molecule has 5 nitrogen and oxygen atoms in total. The molecule has 162 valence electrons. The first-order valence-electron chi connectivity index (χ1n) is 10.7. The number of hydrogen-bond donors (Lipinski definition) is 2. The van der Waals surface area contributed by atoms with Crippen LogP contribution in [0.25, 0.3) is 0 Å². The number of Topliss-reactive ketones (excluding diaryl/α,β-unsaturated/α-hetero) is 2. The highest BCUT2D eigenvalue weighted by molar-refractivity contribution is 5.84. The van der Waals surface area contributed by atoms with Gasteiger partial charge in [-0.15, -0.1) is 0 Å². The van der Waals surface area contributed by atoms with E-state index in [9.17, 15) is 19.8 Å². The molecule has 0 unspecified atom stereocenters. The van der Waals surface area contributed by atoms with Gasteiger partial charge in [0.1, 0.15) is 11.6 Å². The van der Waals surface area contributed by atoms with Gasteiger partial charge in [-0.05, 0) is 19.8 Å². The van der Waals surface area contributed by atoms with Crippen LogP contribution in [0.15, 0.2) is 11.6 Å². The molecule has 1 heterocycles. The maximum Gasteiger partial charge on any atom is 0.180 e. The molecule has 0 bridgehead atoms. The zero-order valence-electron chi connectivity index (χ0n) is 18.9. The molecule has 0 saturated carbocycles. The lowest BCUT2D eigenvalue weighted by atomic mass is 9.71. The number of carbonyl (C=O) groups is 2. The summed E-state index contributed by atoms with van der Waals surface area (Å²) >= 11 is 0. The number of ether oxygens (including phenoxy) is 1. The Morgan fingerprint density at radius 2 is 1.75 bits per heavy atom. The topological polar surface area (TPSA) is 83.8 Å². The lowest BCUT2D eigenvalue weighted by Crippen LogP contribution is -2.63. The average Bonchev–Trinajstić information content (AvgIpc) is 2.66. The van der Waals surface area contributed by atoms with Gasteiger partial charge < -0.3 is 14.9 Å². The van der Waals surface area contributed by atoms with Crippen molar-refractivity contribution in [1.29, 1.82) is 0 Å². The molecule has 1 saturated heterocycles. The summed E-state index contributed by atoms with van der Waals surface area (Å²) in [5.41, 5.74) is 1.15. The summed E-state index contributed by atoms with van der Waals surface area (Å²) in [5.74, 6) is -4.34. The fraction of sp³-hybridized carbons (Fsp3) is 0.826. The lowest BCUT2D eigenvalue weighted by Gasteiger charge is -2.51. The minimum atomic E-state index is -1.80. The average molecular weight is 397 g/mol. The van der Waals surface area contributed by atoms with Gasteiger partial charge >= 0.3 is 0 Å². The van der Waals surface area contributed by atoms with Gasteiger partial charge in [0.25, 0.3) is 0 Å². The third kappa shape index (κ3) is 5.11. The summed E-state index contributed by atoms with van der Waals surface area (Å²) in [6.45, 7) is 14.7. The molecule has 28 heavy (non-hydrogen) atoms. The second-order valence-electron chi connectivity index (χ2n) is 8.77. The van der Waals surface area contributed by atoms with Crippen LogP contribution in [0.4, 0.5) is 0 Å². The van der Waals surface area contributed by atoms with E-state index in [0.717, 1.165) is 12.0 Å². The molecule has 1 aliphatic rings. The van der Waals surface area contributed by atoms with E-state index in [-0.39, 0.29) is 23.4 Å². The van der Waals surface area contributed by atoms with Crippen molar-refractivity contribution in [1.82, 2.24) is 0 Å². The molecule has 5 heteroatoms. The Labute approximate surface area is 170 Å². The lowest BCUT2D eigenvalue weighted by molar-refractivity contribution is -0.337. The third-order valence-electron chi connectivity index (χ3n) is 6.61. The highest BCUT2D eigenvalue weighted by atomic mass is 16.6. The molecule has 2 N–H and O–H groups in total. The molecule has 0 amide bonds. The van der Waals surface area contributed by atoms with Crippen molar-refractivity contribution in [2.45, 2.75) is 92.6 Å². The highest BCUT2D eigenvalue weighted by Gasteiger charge is 2.56. The predicted octanol–water partition coefficient (Wildman–Crippen LogP) is 3.91. The summed E-state index contributed by atoms with van der Waals surface area (Å²) in [5, 5.41) is 22.2. The Morgan fingerprint density at radius 3 is 2.25 bits per heavy atom. The molecule has 0 radical (unpaired) electrons. The molecular formula is C23H40O5. The number of allylic oxidation sites excluding steroid dienone is 2. The minimum Gasteiger partial charge on any atom is -0.392 e. The third-order valence-corrected chi connectivity index (χ3v) is 6.61. The van der Waals surface area contributed by atoms with Crippen LogP contribution < -0.4 is 0 Å². The zero-order chi connectivity index (χ0) is 21.8. The van der Waals surface area contributed by atoms with Crippen LogP contribution in [0.3, 0.4) is 0 Å². The molecule has 0 aromatic heterocycles. The smallest absolute Gasteiger partial charge is 0.180 e. The van der Waals surface area contributed by atoms with Gasteiger partial charge in [-0.25, -0.2) is 0 Å². The number of hydrogen-bond acceptors (Lipinski definition) is 5. The molecule has 0 spiro atoms. The van der Waals surface area contributed by atoms with Crippen LogP contribution in [0.5, 0.6) is 0 Å². The minimum absolute atomic E-state index is 0.0219. The first-order chi connectivity index (χ1) is 12.9. The van der Waals surface area contributed by atoms with E-state index in [2.05, 4.69) is 13.0 Å². The first kappa shape index (κ1) is 25.0. The van der Waals surface area contributed by atoms with E-state index >= 15 is 0 Å². The monoisotopic (exact) mass is 396 g/mol. The highest BCUT2D eigenvalue weighted by Crippen LogP contribution is 2.43. The van der Waals surface area contributed by atoms with Gasteiger partial charge in [0.15, 0.2) is 5.79 Å². The fourth-order valence-electron chi connectivity index (χ4n) is 4.53. The van der Waals surface area contributed by atoms with Crippen molar-refractivity contribution >= 4 is 11.6 Å². The largest absolute Gasteiger partial charge is 0.392 e. The number of rotatable bonds is 9. The molecule has 0 aromatic rings. The summed E-state index contributed by atoms with van der Waals surface area (Å²) in [6.07, 6.45) is 2.53. The summed E-state index contributed by atoms with van der Waals surface area (Å²) in [7, 11) is 0. The van der Waals surface area contributed by atoms with E-state index in [0.29, 0.717) is 12.8 Å². The van der Waals surface area contributed by atoms with Crippen LogP contribution >= 0.6 is 0 Å². The van der Waals surface area contributed by atoms with E-state index in [4.69, 9.17) is 4.74 Å². The van der Waals surface area contributed by atoms with E-state index < -0.39 is 35.7 Å². The quantitative estimate of drug-likeness (QED) is 0.577. The maximum atomic E-state index is 13.1. The predicted molar refractivity (Wildman–Crippen MR) is 111 cm³/mol. The maximum absolute atomic E-state index is 13.1. The Hall–Kier alpha value is -1.04. The Morgan fingerprint density at radius 1 is 1.18 bits per heavy atom. The van der Waals surface area contributed by atoms with Crippen LogP contribution in [0, 0.1) is 29.6 Å². The number of carbonyl (C=O) groups excluding carboxylic acids is 2. The van der Waals surface area contributed by atoms with Crippen molar-refractivity contribution in [3.05, 3.63) is 11.6 Å². The van der Waals surface area contributed by atoms with Crippen molar-refractivity contribution in [3.63, 3.8) is 0 Å². The molecular weight excluding hydrogens is 356 g/mol. The summed E-state index contributed by atoms with van der Waals surface area (Å²) < 4.78 is 6.08. The number of aliphatic hydroxyl groups excluding tert-OH is 1. The zero-order valence-corrected chi connectivity index (χ0v) is 18.9. The van der Waals surface area contributed by atoms with Crippen LogP contribution in [-0.2, 0) is 14.3 Å². The normalized spacial score (nSPS) is 34.6. The van der Waals surface area contributed by atoms with Crippen LogP contribution in [-0.4, -0.2) is 39.8 Å². The van der Waals surface area contributed by atoms with Gasteiger partial charge in [0.2, 0.25) is 0 Å². The van der Waals surface area contributed by atoms with Gasteiger partial charge in [0, 0.05) is 30.1 Å². The van der Waals surface area contributed by atoms with Gasteiger partial charge in [-0.1, -0.05) is 60.1 Å². The van der Waals surface area contributed by atoms with Crippen molar-refractivity contribution in [3.8, 4) is 0 Å². The Balaban J connectivity index is 3.11. The van der Waals surface area contributed by atoms with Gasteiger partial charge in [-0.3, -0.25) is 9.59 Å². The summed E-state index contributed by atoms with van der Waals surface area (Å²) in [4.78, 5) is 25.3. The Kier molecular flexibility index (Phi) is 9.04. The van der Waals surface area contributed by atoms with Crippen molar-refractivity contribution < 1.29 is 24.5 Å². The van der Waals surface area contributed by atoms with Crippen LogP contribution in [0.2, 0.25) is 0 Å². The van der Waals surface area contributed by atoms with Gasteiger partial charge in [0.05, 0.1) is 18.1 Å². The Bertz CT molecular complexity index is 584. The second-order valence-corrected chi connectivity index (χ2v) is 8.77.